The summed E-state index contributed by atoms with van der Waals surface area (Å²) in [6, 6.07) is 0. The average molecular weight is 159 g/mol. The van der Waals surface area contributed by atoms with E-state index in [-0.39, 0.29) is 5.78 Å². The lowest BCUT2D eigenvalue weighted by atomic mass is 9.87. The Morgan fingerprint density at radius 3 is 2.27 bits per heavy atom. The fourth-order valence-corrected chi connectivity index (χ4v) is 0.786. The molecule has 1 unspecified atom stereocenters. The molecule has 0 aliphatic heterocycles. The first kappa shape index (κ1) is 10.6. The van der Waals surface area contributed by atoms with Crippen molar-refractivity contribution in [2.24, 2.45) is 5.41 Å². The maximum Gasteiger partial charge on any atom is 0.167 e. The fourth-order valence-electron chi connectivity index (χ4n) is 0.786. The van der Waals surface area contributed by atoms with Gasteiger partial charge in [-0.1, -0.05) is 20.8 Å². The second-order valence-corrected chi connectivity index (χ2v) is 3.69. The molecule has 66 valence electrons. The van der Waals surface area contributed by atoms with Crippen LogP contribution < -0.4 is 5.32 Å². The number of carbonyl (C=O) groups is 1. The molecular formula is C8H17NO2. The summed E-state index contributed by atoms with van der Waals surface area (Å²) in [5.41, 5.74) is -0.448. The Balaban J connectivity index is 4.03. The number of ketones is 1. The molecule has 0 aliphatic rings. The highest BCUT2D eigenvalue weighted by molar-refractivity contribution is 5.87. The van der Waals surface area contributed by atoms with E-state index in [0.717, 1.165) is 0 Å². The van der Waals surface area contributed by atoms with Gasteiger partial charge < -0.3 is 10.4 Å². The summed E-state index contributed by atoms with van der Waals surface area (Å²) in [6.45, 7) is 5.73. The van der Waals surface area contributed by atoms with Crippen molar-refractivity contribution in [1.29, 1.82) is 0 Å². The van der Waals surface area contributed by atoms with Crippen molar-refractivity contribution in [2.75, 3.05) is 13.6 Å². The fraction of sp³-hybridized carbons (Fsp3) is 0.875. The van der Waals surface area contributed by atoms with Crippen LogP contribution in [0.3, 0.4) is 0 Å². The Morgan fingerprint density at radius 1 is 1.55 bits per heavy atom. The van der Waals surface area contributed by atoms with Gasteiger partial charge in [0, 0.05) is 12.0 Å². The number of likely N-dealkylation sites (N-methyl/N-ethyl adjacent to an activating group) is 1. The van der Waals surface area contributed by atoms with Crippen molar-refractivity contribution in [1.82, 2.24) is 5.32 Å². The van der Waals surface area contributed by atoms with E-state index < -0.39 is 11.5 Å². The molecule has 0 fully saturated rings. The van der Waals surface area contributed by atoms with Crippen molar-refractivity contribution in [2.45, 2.75) is 26.9 Å². The topological polar surface area (TPSA) is 49.3 Å². The third kappa shape index (κ3) is 3.49. The van der Waals surface area contributed by atoms with Crippen molar-refractivity contribution < 1.29 is 9.90 Å². The third-order valence-corrected chi connectivity index (χ3v) is 1.44. The quantitative estimate of drug-likeness (QED) is 0.617. The van der Waals surface area contributed by atoms with Crippen molar-refractivity contribution in [3.8, 4) is 0 Å². The molecular weight excluding hydrogens is 142 g/mol. The number of hydrogen-bond donors (Lipinski definition) is 2. The second-order valence-electron chi connectivity index (χ2n) is 3.69. The largest absolute Gasteiger partial charge is 0.384 e. The van der Waals surface area contributed by atoms with Gasteiger partial charge >= 0.3 is 0 Å². The van der Waals surface area contributed by atoms with Gasteiger partial charge in [-0.05, 0) is 7.05 Å². The predicted octanol–water partition coefficient (Wildman–Crippen LogP) is 0.182. The molecule has 0 aromatic heterocycles. The Morgan fingerprint density at radius 2 is 2.00 bits per heavy atom. The molecule has 0 amide bonds. The first-order chi connectivity index (χ1) is 4.89. The minimum atomic E-state index is -0.875. The van der Waals surface area contributed by atoms with Gasteiger partial charge in [0.05, 0.1) is 0 Å². The molecule has 0 aromatic carbocycles. The molecule has 1 atom stereocenters. The van der Waals surface area contributed by atoms with E-state index in [9.17, 15) is 9.90 Å². The van der Waals surface area contributed by atoms with Gasteiger partial charge in [-0.25, -0.2) is 0 Å². The first-order valence-corrected chi connectivity index (χ1v) is 3.76. The predicted molar refractivity (Wildman–Crippen MR) is 44.4 cm³/mol. The zero-order valence-corrected chi connectivity index (χ0v) is 7.64. The highest BCUT2D eigenvalue weighted by atomic mass is 16.3. The van der Waals surface area contributed by atoms with Crippen LogP contribution in [0.15, 0.2) is 0 Å². The standard InChI is InChI=1S/C8H17NO2/c1-8(2,3)7(11)6(10)5-9-4/h6,9-10H,5H2,1-4H3. The molecule has 11 heavy (non-hydrogen) atoms. The molecule has 0 aliphatic carbocycles. The zero-order valence-electron chi connectivity index (χ0n) is 7.64. The molecule has 0 rings (SSSR count). The van der Waals surface area contributed by atoms with Gasteiger partial charge in [-0.2, -0.15) is 0 Å². The van der Waals surface area contributed by atoms with E-state index in [2.05, 4.69) is 5.32 Å². The number of aliphatic hydroxyl groups excluding tert-OH is 1. The van der Waals surface area contributed by atoms with Crippen molar-refractivity contribution in [3.05, 3.63) is 0 Å². The van der Waals surface area contributed by atoms with Crippen LogP contribution in [0.5, 0.6) is 0 Å². The van der Waals surface area contributed by atoms with Crippen LogP contribution in [0.2, 0.25) is 0 Å². The molecule has 0 saturated carbocycles. The molecule has 0 spiro atoms. The maximum atomic E-state index is 11.3. The van der Waals surface area contributed by atoms with E-state index in [1.165, 1.54) is 0 Å². The van der Waals surface area contributed by atoms with Gasteiger partial charge in [-0.3, -0.25) is 4.79 Å². The normalized spacial score (nSPS) is 14.6. The van der Waals surface area contributed by atoms with Crippen LogP contribution in [0.4, 0.5) is 0 Å². The van der Waals surface area contributed by atoms with Gasteiger partial charge in [0.15, 0.2) is 5.78 Å². The van der Waals surface area contributed by atoms with E-state index in [0.29, 0.717) is 6.54 Å². The smallest absolute Gasteiger partial charge is 0.167 e. The summed E-state index contributed by atoms with van der Waals surface area (Å²) in [7, 11) is 1.71. The summed E-state index contributed by atoms with van der Waals surface area (Å²) in [4.78, 5) is 11.3. The zero-order chi connectivity index (χ0) is 9.07. The van der Waals surface area contributed by atoms with E-state index in [4.69, 9.17) is 0 Å². The van der Waals surface area contributed by atoms with Gasteiger partial charge in [-0.15, -0.1) is 0 Å². The molecule has 0 saturated heterocycles. The summed E-state index contributed by atoms with van der Waals surface area (Å²) < 4.78 is 0. The highest BCUT2D eigenvalue weighted by Crippen LogP contribution is 2.16. The lowest BCUT2D eigenvalue weighted by molar-refractivity contribution is -0.134. The minimum Gasteiger partial charge on any atom is -0.384 e. The Bertz CT molecular complexity index is 138. The number of hydrogen-bond acceptors (Lipinski definition) is 3. The minimum absolute atomic E-state index is 0.119. The van der Waals surface area contributed by atoms with Crippen LogP contribution in [-0.2, 0) is 4.79 Å². The highest BCUT2D eigenvalue weighted by Gasteiger charge is 2.27. The Hall–Kier alpha value is -0.410. The molecule has 0 heterocycles. The average Bonchev–Trinajstić information content (AvgIpc) is 1.85. The number of aliphatic hydroxyl groups is 1. The number of rotatable bonds is 3. The molecule has 0 bridgehead atoms. The van der Waals surface area contributed by atoms with Crippen LogP contribution in [0.25, 0.3) is 0 Å². The molecule has 2 N–H and O–H groups in total. The summed E-state index contributed by atoms with van der Waals surface area (Å²) in [6.07, 6.45) is -0.875. The number of Topliss-reactive ketones (excluding diaryl/α,β-unsaturated/α-hetero) is 1. The monoisotopic (exact) mass is 159 g/mol. The summed E-state index contributed by atoms with van der Waals surface area (Å²) in [5, 5.41) is 12.0. The van der Waals surface area contributed by atoms with E-state index in [1.807, 2.05) is 0 Å². The van der Waals surface area contributed by atoms with Crippen LogP contribution >= 0.6 is 0 Å². The molecule has 0 aromatic rings. The van der Waals surface area contributed by atoms with Crippen LogP contribution in [0.1, 0.15) is 20.8 Å². The van der Waals surface area contributed by atoms with Gasteiger partial charge in [0.1, 0.15) is 6.10 Å². The lowest BCUT2D eigenvalue weighted by Gasteiger charge is -2.20. The van der Waals surface area contributed by atoms with Crippen molar-refractivity contribution in [3.63, 3.8) is 0 Å². The summed E-state index contributed by atoms with van der Waals surface area (Å²) >= 11 is 0. The molecule has 3 nitrogen and oxygen atoms in total. The summed E-state index contributed by atoms with van der Waals surface area (Å²) in [5.74, 6) is -0.119. The van der Waals surface area contributed by atoms with Crippen molar-refractivity contribution >= 4 is 5.78 Å². The van der Waals surface area contributed by atoms with E-state index in [1.54, 1.807) is 27.8 Å². The SMILES string of the molecule is CNCC(O)C(=O)C(C)(C)C. The van der Waals surface area contributed by atoms with Crippen LogP contribution in [0, 0.1) is 5.41 Å². The molecule has 3 heteroatoms. The first-order valence-electron chi connectivity index (χ1n) is 3.76. The molecule has 0 radical (unpaired) electrons. The van der Waals surface area contributed by atoms with Gasteiger partial charge in [0.25, 0.3) is 0 Å². The Labute approximate surface area is 67.8 Å². The lowest BCUT2D eigenvalue weighted by Crippen LogP contribution is -2.38. The third-order valence-electron chi connectivity index (χ3n) is 1.44. The van der Waals surface area contributed by atoms with Crippen LogP contribution in [-0.4, -0.2) is 30.6 Å². The Kier molecular flexibility index (Phi) is 3.69. The second kappa shape index (κ2) is 3.83. The number of nitrogens with one attached hydrogen (secondary N) is 1. The van der Waals surface area contributed by atoms with Gasteiger partial charge in [0.2, 0.25) is 0 Å². The maximum absolute atomic E-state index is 11.3. The number of carbonyl (C=O) groups excluding carboxylic acids is 1. The van der Waals surface area contributed by atoms with E-state index >= 15 is 0 Å².